The molecule has 0 spiro atoms. The van der Waals surface area contributed by atoms with Gasteiger partial charge in [0.15, 0.2) is 6.10 Å². The Hall–Kier alpha value is 1.89. The normalized spacial score (nSPS) is 31.5. The van der Waals surface area contributed by atoms with Crippen molar-refractivity contribution < 1.29 is 27.8 Å². The van der Waals surface area contributed by atoms with Gasteiger partial charge in [-0.05, 0) is 0 Å². The van der Waals surface area contributed by atoms with Crippen molar-refractivity contribution in [2.75, 3.05) is 6.61 Å². The lowest BCUT2D eigenvalue weighted by Gasteiger charge is -2.22. The Morgan fingerprint density at radius 1 is 1.42 bits per heavy atom. The molecule has 12 heteroatoms. The highest BCUT2D eigenvalue weighted by molar-refractivity contribution is 8.41. The van der Waals surface area contributed by atoms with E-state index in [4.69, 9.17) is 23.0 Å². The van der Waals surface area contributed by atoms with Crippen molar-refractivity contribution >= 4 is 58.2 Å². The number of hydrogen-bond donors (Lipinski definition) is 0. The minimum Gasteiger partial charge on any atom is -0.433 e. The average Bonchev–Trinajstić information content (AvgIpc) is 2.63. The number of rotatable bonds is 7. The zero-order valence-electron chi connectivity index (χ0n) is 10.2. The molecule has 0 N–H and O–H groups in total. The van der Waals surface area contributed by atoms with E-state index < -0.39 is 25.9 Å². The molecular formula is C7H18O6P6. The first-order valence-corrected chi connectivity index (χ1v) is 12.9. The standard InChI is InChI=1S/C7H18O6P6/c1-3(8)10-7-6(12-14)5(13-18-15)4(11-7)2-9-19(16)17/h4-7,18H,2,14-17H2,1H3/t4-,5?,6?,7?/m1/s1. The molecule has 0 aliphatic carbocycles. The van der Waals surface area contributed by atoms with Crippen LogP contribution in [0.1, 0.15) is 6.92 Å². The van der Waals surface area contributed by atoms with Crippen LogP contribution in [0.2, 0.25) is 0 Å². The first-order valence-electron chi connectivity index (χ1n) is 5.21. The molecule has 1 aliphatic heterocycles. The fourth-order valence-corrected chi connectivity index (χ4v) is 3.64. The molecule has 0 radical (unpaired) electrons. The van der Waals surface area contributed by atoms with Gasteiger partial charge in [-0.15, -0.1) is 0 Å². The van der Waals surface area contributed by atoms with E-state index in [0.717, 1.165) is 0 Å². The minimum absolute atomic E-state index is 0.198. The highest BCUT2D eigenvalue weighted by Gasteiger charge is 2.48. The van der Waals surface area contributed by atoms with Crippen LogP contribution in [-0.2, 0) is 27.8 Å². The number of ether oxygens (including phenoxy) is 2. The Kier molecular flexibility index (Phi) is 9.78. The average molecular weight is 384 g/mol. The van der Waals surface area contributed by atoms with Gasteiger partial charge in [0.25, 0.3) is 0 Å². The van der Waals surface area contributed by atoms with E-state index in [-0.39, 0.29) is 20.7 Å². The Morgan fingerprint density at radius 3 is 2.58 bits per heavy atom. The van der Waals surface area contributed by atoms with Gasteiger partial charge in [-0.3, -0.25) is 4.79 Å². The third-order valence-electron chi connectivity index (χ3n) is 2.30. The second-order valence-electron chi connectivity index (χ2n) is 3.61. The van der Waals surface area contributed by atoms with E-state index in [2.05, 4.69) is 36.3 Å². The molecule has 0 aromatic heterocycles. The van der Waals surface area contributed by atoms with Gasteiger partial charge in [-0.2, -0.15) is 0 Å². The van der Waals surface area contributed by atoms with Gasteiger partial charge in [0.05, 0.1) is 14.1 Å². The lowest BCUT2D eigenvalue weighted by atomic mass is 10.1. The quantitative estimate of drug-likeness (QED) is 0.496. The molecule has 0 bridgehead atoms. The van der Waals surface area contributed by atoms with Gasteiger partial charge < -0.3 is 23.0 Å². The fraction of sp³-hybridized carbons (Fsp3) is 0.857. The number of hydrogen-bond acceptors (Lipinski definition) is 6. The van der Waals surface area contributed by atoms with Crippen molar-refractivity contribution in [3.63, 3.8) is 0 Å². The summed E-state index contributed by atoms with van der Waals surface area (Å²) in [5.41, 5.74) is 0. The van der Waals surface area contributed by atoms with Gasteiger partial charge in [0.1, 0.15) is 12.2 Å². The van der Waals surface area contributed by atoms with Crippen LogP contribution in [0.25, 0.3) is 0 Å². The van der Waals surface area contributed by atoms with E-state index in [0.29, 0.717) is 6.61 Å². The van der Waals surface area contributed by atoms with Crippen molar-refractivity contribution in [2.45, 2.75) is 31.5 Å². The first-order chi connectivity index (χ1) is 8.99. The molecule has 1 heterocycles. The van der Waals surface area contributed by atoms with Gasteiger partial charge in [-0.25, -0.2) is 0 Å². The van der Waals surface area contributed by atoms with Crippen molar-refractivity contribution in [2.24, 2.45) is 0 Å². The number of esters is 1. The van der Waals surface area contributed by atoms with E-state index in [9.17, 15) is 4.79 Å². The van der Waals surface area contributed by atoms with Crippen LogP contribution in [0.15, 0.2) is 0 Å². The molecule has 0 saturated carbocycles. The molecule has 1 aliphatic rings. The molecule has 0 aromatic rings. The van der Waals surface area contributed by atoms with Crippen LogP contribution in [-0.4, -0.2) is 37.2 Å². The SMILES string of the molecule is CC(=O)OC1O[C@H](COP(P)P)C(OPP)C1OP. The smallest absolute Gasteiger partial charge is 0.305 e. The van der Waals surface area contributed by atoms with E-state index in [1.54, 1.807) is 0 Å². The first kappa shape index (κ1) is 18.9. The Balaban J connectivity index is 2.69. The second kappa shape index (κ2) is 9.82. The molecule has 112 valence electrons. The lowest BCUT2D eigenvalue weighted by molar-refractivity contribution is -0.184. The molecule has 1 fully saturated rings. The molecular weight excluding hydrogens is 366 g/mol. The van der Waals surface area contributed by atoms with Crippen LogP contribution < -0.4 is 0 Å². The third-order valence-corrected chi connectivity index (χ3v) is 4.77. The summed E-state index contributed by atoms with van der Waals surface area (Å²) in [7, 11) is 9.33. The molecule has 0 aromatic carbocycles. The van der Waals surface area contributed by atoms with Crippen LogP contribution in [0.4, 0.5) is 0 Å². The zero-order chi connectivity index (χ0) is 14.4. The highest BCUT2D eigenvalue weighted by Crippen LogP contribution is 2.54. The zero-order valence-corrected chi connectivity index (χ0v) is 16.7. The molecule has 0 amide bonds. The van der Waals surface area contributed by atoms with Crippen molar-refractivity contribution in [3.8, 4) is 0 Å². The van der Waals surface area contributed by atoms with Crippen LogP contribution in [0.5, 0.6) is 0 Å². The number of carbonyl (C=O) groups is 1. The Bertz CT molecular complexity index is 293. The molecule has 19 heavy (non-hydrogen) atoms. The summed E-state index contributed by atoms with van der Waals surface area (Å²) in [5.74, 6) is -0.426. The fourth-order valence-electron chi connectivity index (χ4n) is 1.61. The van der Waals surface area contributed by atoms with Gasteiger partial charge >= 0.3 is 5.97 Å². The maximum Gasteiger partial charge on any atom is 0.305 e. The maximum absolute atomic E-state index is 11.1. The summed E-state index contributed by atoms with van der Waals surface area (Å²) < 4.78 is 27.1. The predicted octanol–water partition coefficient (Wildman–Crippen LogP) is 2.21. The topological polar surface area (TPSA) is 63.2 Å². The summed E-state index contributed by atoms with van der Waals surface area (Å²) >= 11 is 0. The Morgan fingerprint density at radius 2 is 2.11 bits per heavy atom. The van der Waals surface area contributed by atoms with Crippen molar-refractivity contribution in [1.29, 1.82) is 0 Å². The largest absolute Gasteiger partial charge is 0.433 e. The van der Waals surface area contributed by atoms with E-state index in [1.807, 2.05) is 0 Å². The van der Waals surface area contributed by atoms with E-state index in [1.165, 1.54) is 6.92 Å². The third kappa shape index (κ3) is 6.26. The number of carbonyl (C=O) groups excluding carboxylic acids is 1. The summed E-state index contributed by atoms with van der Waals surface area (Å²) in [6.07, 6.45) is -1.96. The second-order valence-corrected chi connectivity index (χ2v) is 10.9. The monoisotopic (exact) mass is 384 g/mol. The minimum atomic E-state index is -0.782. The predicted molar refractivity (Wildman–Crippen MR) is 90.2 cm³/mol. The highest BCUT2D eigenvalue weighted by atomic mass is 32.4. The molecule has 1 saturated heterocycles. The van der Waals surface area contributed by atoms with Gasteiger partial charge in [0, 0.05) is 24.9 Å². The van der Waals surface area contributed by atoms with Gasteiger partial charge in [0.2, 0.25) is 6.29 Å². The molecule has 6 nitrogen and oxygen atoms in total. The summed E-state index contributed by atoms with van der Waals surface area (Å²) in [4.78, 5) is 11.1. The van der Waals surface area contributed by atoms with Crippen molar-refractivity contribution in [1.82, 2.24) is 0 Å². The molecule has 1 rings (SSSR count). The van der Waals surface area contributed by atoms with Gasteiger partial charge in [-0.1, -0.05) is 26.8 Å². The molecule has 9 atom stereocenters. The summed E-state index contributed by atoms with van der Waals surface area (Å²) in [5, 5.41) is 0. The Labute approximate surface area is 124 Å². The summed E-state index contributed by atoms with van der Waals surface area (Å²) in [6.45, 7) is 1.67. The lowest BCUT2D eigenvalue weighted by Crippen LogP contribution is -2.36. The van der Waals surface area contributed by atoms with E-state index >= 15 is 0 Å². The van der Waals surface area contributed by atoms with Crippen molar-refractivity contribution in [3.05, 3.63) is 0 Å². The summed E-state index contributed by atoms with van der Waals surface area (Å²) in [6, 6.07) is 0. The molecule has 8 unspecified atom stereocenters. The van der Waals surface area contributed by atoms with Crippen LogP contribution >= 0.6 is 52.3 Å². The maximum atomic E-state index is 11.1. The van der Waals surface area contributed by atoms with Crippen LogP contribution in [0.3, 0.4) is 0 Å². The van der Waals surface area contributed by atoms with Crippen LogP contribution in [0, 0.1) is 0 Å².